The van der Waals surface area contributed by atoms with Crippen LogP contribution in [0, 0.1) is 25.7 Å². The average molecular weight is 679 g/mol. The van der Waals surface area contributed by atoms with Gasteiger partial charge in [-0.25, -0.2) is 19.9 Å². The maximum absolute atomic E-state index is 5.37. The molecular formula is C46H42N6. The molecule has 0 aliphatic rings. The van der Waals surface area contributed by atoms with Crippen molar-refractivity contribution in [1.82, 2.24) is 29.9 Å². The lowest BCUT2D eigenvalue weighted by Gasteiger charge is -2.21. The summed E-state index contributed by atoms with van der Waals surface area (Å²) < 4.78 is 0. The Bertz CT molecular complexity index is 2410. The zero-order valence-electron chi connectivity index (χ0n) is 30.6. The quantitative estimate of drug-likeness (QED) is 0.149. The van der Waals surface area contributed by atoms with Crippen molar-refractivity contribution < 1.29 is 0 Å². The van der Waals surface area contributed by atoms with Gasteiger partial charge in [0.05, 0.1) is 11.0 Å². The summed E-state index contributed by atoms with van der Waals surface area (Å²) in [5.74, 6) is 2.35. The lowest BCUT2D eigenvalue weighted by molar-refractivity contribution is 0.649. The van der Waals surface area contributed by atoms with E-state index < -0.39 is 0 Å². The number of aryl methyl sites for hydroxylation is 2. The van der Waals surface area contributed by atoms with Gasteiger partial charge < -0.3 is 0 Å². The van der Waals surface area contributed by atoms with Crippen LogP contribution in [0.3, 0.4) is 0 Å². The van der Waals surface area contributed by atoms with Crippen molar-refractivity contribution in [3.05, 3.63) is 132 Å². The van der Waals surface area contributed by atoms with Gasteiger partial charge in [0.1, 0.15) is 0 Å². The van der Waals surface area contributed by atoms with Crippen LogP contribution in [0.2, 0.25) is 0 Å². The van der Waals surface area contributed by atoms with Crippen LogP contribution < -0.4 is 0 Å². The molecule has 0 aliphatic carbocycles. The Morgan fingerprint density at radius 2 is 0.846 bits per heavy atom. The van der Waals surface area contributed by atoms with E-state index in [4.69, 9.17) is 9.97 Å². The Morgan fingerprint density at radius 1 is 0.462 bits per heavy atom. The van der Waals surface area contributed by atoms with E-state index in [-0.39, 0.29) is 0 Å². The van der Waals surface area contributed by atoms with E-state index in [0.717, 1.165) is 79.4 Å². The molecule has 8 rings (SSSR count). The first-order valence-electron chi connectivity index (χ1n) is 18.2. The largest absolute Gasteiger partial charge is 0.252 e. The molecule has 0 unspecified atom stereocenters. The molecule has 0 atom stereocenters. The number of fused-ring (bicyclic) bond motifs is 5. The van der Waals surface area contributed by atoms with E-state index in [1.165, 1.54) is 21.9 Å². The van der Waals surface area contributed by atoms with Crippen LogP contribution >= 0.6 is 0 Å². The minimum Gasteiger partial charge on any atom is -0.252 e. The predicted molar refractivity (Wildman–Crippen MR) is 214 cm³/mol. The van der Waals surface area contributed by atoms with Crippen molar-refractivity contribution >= 4 is 32.6 Å². The molecule has 0 saturated heterocycles. The van der Waals surface area contributed by atoms with Gasteiger partial charge in [-0.2, -0.15) is 0 Å². The van der Waals surface area contributed by atoms with Crippen LogP contribution in [-0.4, -0.2) is 29.9 Å². The van der Waals surface area contributed by atoms with Gasteiger partial charge in [-0.3, -0.25) is 9.97 Å². The summed E-state index contributed by atoms with van der Waals surface area (Å²) >= 11 is 0. The van der Waals surface area contributed by atoms with E-state index in [1.54, 1.807) is 24.8 Å². The van der Waals surface area contributed by atoms with E-state index in [9.17, 15) is 0 Å². The maximum atomic E-state index is 5.37. The second-order valence-electron chi connectivity index (χ2n) is 14.7. The number of aromatic nitrogens is 6. The molecule has 6 nitrogen and oxygen atoms in total. The minimum absolute atomic E-state index is 0.468. The Labute approximate surface area is 305 Å². The average Bonchev–Trinajstić information content (AvgIpc) is 3.14. The van der Waals surface area contributed by atoms with Crippen LogP contribution in [0.25, 0.3) is 77.6 Å². The molecule has 0 aliphatic heterocycles. The third-order valence-corrected chi connectivity index (χ3v) is 9.63. The molecule has 0 spiro atoms. The van der Waals surface area contributed by atoms with Gasteiger partial charge in [0.15, 0.2) is 11.6 Å². The van der Waals surface area contributed by atoms with Crippen molar-refractivity contribution in [1.29, 1.82) is 0 Å². The first kappa shape index (κ1) is 33.3. The van der Waals surface area contributed by atoms with Crippen molar-refractivity contribution in [2.75, 3.05) is 0 Å². The number of pyridine rings is 2. The molecule has 256 valence electrons. The highest BCUT2D eigenvalue weighted by Gasteiger charge is 2.22. The monoisotopic (exact) mass is 678 g/mol. The van der Waals surface area contributed by atoms with E-state index in [2.05, 4.69) is 134 Å². The fraction of sp³-hybridized carbons (Fsp3) is 0.217. The van der Waals surface area contributed by atoms with Crippen LogP contribution in [0.4, 0.5) is 0 Å². The topological polar surface area (TPSA) is 77.3 Å². The summed E-state index contributed by atoms with van der Waals surface area (Å²) in [4.78, 5) is 29.0. The highest BCUT2D eigenvalue weighted by molar-refractivity contribution is 6.23. The van der Waals surface area contributed by atoms with E-state index in [0.29, 0.717) is 23.5 Å². The summed E-state index contributed by atoms with van der Waals surface area (Å²) in [5.41, 5.74) is 13.1. The molecular weight excluding hydrogens is 637 g/mol. The Morgan fingerprint density at radius 3 is 1.23 bits per heavy atom. The fourth-order valence-corrected chi connectivity index (χ4v) is 7.66. The molecule has 0 fully saturated rings. The van der Waals surface area contributed by atoms with Gasteiger partial charge in [0.2, 0.25) is 0 Å². The zero-order chi connectivity index (χ0) is 35.9. The molecule has 4 aromatic heterocycles. The fourth-order valence-electron chi connectivity index (χ4n) is 7.66. The van der Waals surface area contributed by atoms with Crippen molar-refractivity contribution in [2.45, 2.75) is 54.4 Å². The summed E-state index contributed by atoms with van der Waals surface area (Å²) in [7, 11) is 0. The predicted octanol–water partition coefficient (Wildman–Crippen LogP) is 11.2. The van der Waals surface area contributed by atoms with Gasteiger partial charge >= 0.3 is 0 Å². The molecule has 52 heavy (non-hydrogen) atoms. The second-order valence-corrected chi connectivity index (χ2v) is 14.7. The third kappa shape index (κ3) is 6.30. The highest BCUT2D eigenvalue weighted by atomic mass is 14.9. The van der Waals surface area contributed by atoms with Gasteiger partial charge in [0, 0.05) is 68.8 Å². The zero-order valence-corrected chi connectivity index (χ0v) is 30.6. The Kier molecular flexibility index (Phi) is 8.76. The lowest BCUT2D eigenvalue weighted by Crippen LogP contribution is -2.03. The molecule has 6 heteroatoms. The standard InChI is InChI=1S/C46H42N6/c1-27(2)19-35-21-29(5)51-43-39-26-38(32-12-8-14-34(24-32)46-49-17-10-18-50-46)42-36(20-28(3)4)22-30(6)52-44(42)40(39)25-37(41(35)43)31-11-7-13-33(23-31)45-47-15-9-16-48-45/h7-18,21-28H,19-20H2,1-6H3. The van der Waals surface area contributed by atoms with Crippen molar-refractivity contribution in [3.63, 3.8) is 0 Å². The molecule has 0 amide bonds. The van der Waals surface area contributed by atoms with Gasteiger partial charge in [-0.15, -0.1) is 0 Å². The van der Waals surface area contributed by atoms with Crippen LogP contribution in [0.15, 0.2) is 110 Å². The molecule has 4 heterocycles. The SMILES string of the molecule is Cc1cc(CC(C)C)c2c(-c3cccc(-c4ncccn4)c3)cc3c(cc(-c4cccc(-c5ncccn5)c4)c4c(CC(C)C)cc(C)nc43)c2n1. The van der Waals surface area contributed by atoms with Gasteiger partial charge in [-0.1, -0.05) is 64.1 Å². The number of rotatable bonds is 8. The smallest absolute Gasteiger partial charge is 0.159 e. The maximum Gasteiger partial charge on any atom is 0.159 e. The minimum atomic E-state index is 0.468. The number of benzene rings is 4. The van der Waals surface area contributed by atoms with Gasteiger partial charge in [-0.05, 0) is 120 Å². The second kappa shape index (κ2) is 13.7. The summed E-state index contributed by atoms with van der Waals surface area (Å²) in [6.45, 7) is 13.4. The van der Waals surface area contributed by atoms with Crippen molar-refractivity contribution in [3.8, 4) is 45.0 Å². The molecule has 0 bridgehead atoms. The summed E-state index contributed by atoms with van der Waals surface area (Å²) in [6.07, 6.45) is 9.06. The number of nitrogens with zero attached hydrogens (tertiary/aromatic N) is 6. The molecule has 8 aromatic rings. The van der Waals surface area contributed by atoms with Crippen LogP contribution in [-0.2, 0) is 12.8 Å². The summed E-state index contributed by atoms with van der Waals surface area (Å²) in [5, 5.41) is 4.58. The Balaban J connectivity index is 1.51. The molecule has 0 saturated carbocycles. The van der Waals surface area contributed by atoms with Crippen molar-refractivity contribution in [2.24, 2.45) is 11.8 Å². The molecule has 4 aromatic carbocycles. The first-order valence-corrected chi connectivity index (χ1v) is 18.2. The highest BCUT2D eigenvalue weighted by Crippen LogP contribution is 2.44. The van der Waals surface area contributed by atoms with Gasteiger partial charge in [0.25, 0.3) is 0 Å². The summed E-state index contributed by atoms with van der Waals surface area (Å²) in [6, 6.07) is 30.2. The van der Waals surface area contributed by atoms with Crippen LogP contribution in [0.1, 0.15) is 50.2 Å². The van der Waals surface area contributed by atoms with E-state index in [1.807, 2.05) is 12.1 Å². The number of hydrogen-bond donors (Lipinski definition) is 0. The normalized spacial score (nSPS) is 11.8. The third-order valence-electron chi connectivity index (χ3n) is 9.63. The molecule has 0 radical (unpaired) electrons. The molecule has 0 N–H and O–H groups in total. The van der Waals surface area contributed by atoms with E-state index >= 15 is 0 Å². The Hall–Kier alpha value is -5.88. The van der Waals surface area contributed by atoms with Crippen LogP contribution in [0.5, 0.6) is 0 Å². The first-order chi connectivity index (χ1) is 25.2. The number of hydrogen-bond acceptors (Lipinski definition) is 6. The lowest BCUT2D eigenvalue weighted by atomic mass is 9.85.